The van der Waals surface area contributed by atoms with E-state index in [-0.39, 0.29) is 0 Å². The van der Waals surface area contributed by atoms with Gasteiger partial charge in [-0.3, -0.25) is 4.79 Å². The van der Waals surface area contributed by atoms with Crippen molar-refractivity contribution < 1.29 is 22.8 Å². The van der Waals surface area contributed by atoms with Crippen LogP contribution in [0.25, 0.3) is 0 Å². The highest BCUT2D eigenvalue weighted by molar-refractivity contribution is 6.33. The van der Waals surface area contributed by atoms with Crippen molar-refractivity contribution in [1.29, 1.82) is 0 Å². The zero-order valence-electron chi connectivity index (χ0n) is 7.38. The number of carbonyl (C=O) groups excluding carboxylic acids is 2. The third kappa shape index (κ3) is 2.65. The van der Waals surface area contributed by atoms with Gasteiger partial charge in [0.2, 0.25) is 6.08 Å². The molecule has 0 N–H and O–H groups in total. The summed E-state index contributed by atoms with van der Waals surface area (Å²) in [4.78, 5) is 26.6. The normalized spacial score (nSPS) is 10.8. The zero-order valence-corrected chi connectivity index (χ0v) is 8.13. The molecular formula is C8H2ClF3N2O2. The molecule has 0 fully saturated rings. The van der Waals surface area contributed by atoms with E-state index in [1.54, 1.807) is 0 Å². The lowest BCUT2D eigenvalue weighted by Crippen LogP contribution is -2.08. The first-order valence-electron chi connectivity index (χ1n) is 3.71. The van der Waals surface area contributed by atoms with Crippen molar-refractivity contribution in [3.63, 3.8) is 0 Å². The maximum atomic E-state index is 12.2. The van der Waals surface area contributed by atoms with Crippen LogP contribution in [0, 0.1) is 0 Å². The summed E-state index contributed by atoms with van der Waals surface area (Å²) < 4.78 is 36.5. The number of amides is 1. The summed E-state index contributed by atoms with van der Waals surface area (Å²) >= 11 is 5.39. The van der Waals surface area contributed by atoms with Gasteiger partial charge in [-0.15, -0.1) is 4.99 Å². The Morgan fingerprint density at radius 3 is 2.56 bits per heavy atom. The molecule has 0 aliphatic carbocycles. The summed E-state index contributed by atoms with van der Waals surface area (Å²) in [6, 6.07) is 0.530. The number of halogens is 4. The summed E-state index contributed by atoms with van der Waals surface area (Å²) in [6.45, 7) is 0. The summed E-state index contributed by atoms with van der Waals surface area (Å²) in [5, 5.41) is -0.529. The smallest absolute Gasteiger partial charge is 0.264 e. The van der Waals surface area contributed by atoms with E-state index in [0.29, 0.717) is 12.3 Å². The van der Waals surface area contributed by atoms with Crippen LogP contribution in [0.15, 0.2) is 17.3 Å². The van der Waals surface area contributed by atoms with Crippen LogP contribution in [-0.2, 0) is 11.0 Å². The van der Waals surface area contributed by atoms with Crippen molar-refractivity contribution in [2.75, 3.05) is 0 Å². The van der Waals surface area contributed by atoms with Gasteiger partial charge in [-0.1, -0.05) is 11.6 Å². The molecule has 1 aromatic heterocycles. The predicted molar refractivity (Wildman–Crippen MR) is 46.7 cm³/mol. The predicted octanol–water partition coefficient (Wildman–Crippen LogP) is 2.23. The average molecular weight is 251 g/mol. The zero-order chi connectivity index (χ0) is 12.3. The second kappa shape index (κ2) is 4.42. The van der Waals surface area contributed by atoms with Gasteiger partial charge in [0.15, 0.2) is 0 Å². The molecule has 0 aliphatic heterocycles. The molecule has 1 heterocycles. The summed E-state index contributed by atoms with van der Waals surface area (Å²) in [7, 11) is 0. The van der Waals surface area contributed by atoms with Crippen LogP contribution in [0.5, 0.6) is 0 Å². The minimum Gasteiger partial charge on any atom is -0.264 e. The monoisotopic (exact) mass is 250 g/mol. The number of aliphatic imine (C=N–C) groups is 1. The Kier molecular flexibility index (Phi) is 3.41. The minimum atomic E-state index is -4.61. The number of hydrogen-bond acceptors (Lipinski definition) is 3. The van der Waals surface area contributed by atoms with Crippen LogP contribution < -0.4 is 0 Å². The van der Waals surface area contributed by atoms with E-state index < -0.39 is 28.4 Å². The molecule has 0 spiro atoms. The van der Waals surface area contributed by atoms with Gasteiger partial charge in [0, 0.05) is 6.20 Å². The summed E-state index contributed by atoms with van der Waals surface area (Å²) in [5.74, 6) is -1.14. The first-order valence-corrected chi connectivity index (χ1v) is 4.09. The van der Waals surface area contributed by atoms with Crippen molar-refractivity contribution in [1.82, 2.24) is 4.98 Å². The molecule has 0 aromatic carbocycles. The third-order valence-electron chi connectivity index (χ3n) is 1.52. The maximum Gasteiger partial charge on any atom is 0.417 e. The molecule has 0 aliphatic rings. The average Bonchev–Trinajstić information content (AvgIpc) is 2.16. The molecule has 0 bridgehead atoms. The van der Waals surface area contributed by atoms with E-state index in [4.69, 9.17) is 11.6 Å². The Hall–Kier alpha value is -1.72. The highest BCUT2D eigenvalue weighted by Gasteiger charge is 2.32. The number of alkyl halides is 3. The van der Waals surface area contributed by atoms with Gasteiger partial charge < -0.3 is 0 Å². The van der Waals surface area contributed by atoms with E-state index in [2.05, 4.69) is 9.98 Å². The van der Waals surface area contributed by atoms with Crippen LogP contribution in [-0.4, -0.2) is 17.0 Å². The molecule has 1 aromatic rings. The Labute approximate surface area is 91.8 Å². The second-order valence-corrected chi connectivity index (χ2v) is 2.97. The molecule has 16 heavy (non-hydrogen) atoms. The number of pyridine rings is 1. The van der Waals surface area contributed by atoms with Crippen LogP contribution in [0.1, 0.15) is 16.1 Å². The van der Waals surface area contributed by atoms with Crippen molar-refractivity contribution in [3.8, 4) is 0 Å². The van der Waals surface area contributed by atoms with Gasteiger partial charge in [0.1, 0.15) is 5.69 Å². The lowest BCUT2D eigenvalue weighted by molar-refractivity contribution is -0.137. The maximum absolute atomic E-state index is 12.2. The van der Waals surface area contributed by atoms with Crippen LogP contribution >= 0.6 is 11.6 Å². The molecule has 84 valence electrons. The topological polar surface area (TPSA) is 59.4 Å². The highest BCUT2D eigenvalue weighted by atomic mass is 35.5. The van der Waals surface area contributed by atoms with Gasteiger partial charge in [0.25, 0.3) is 0 Å². The highest BCUT2D eigenvalue weighted by Crippen LogP contribution is 2.31. The number of rotatable bonds is 1. The Bertz CT molecular complexity index is 481. The number of isocyanates is 1. The fraction of sp³-hybridized carbons (Fsp3) is 0.125. The number of carbonyl (C=O) groups is 1. The van der Waals surface area contributed by atoms with Crippen molar-refractivity contribution in [2.45, 2.75) is 6.18 Å². The number of aromatic nitrogens is 1. The van der Waals surface area contributed by atoms with Crippen LogP contribution in [0.2, 0.25) is 5.02 Å². The fourth-order valence-electron chi connectivity index (χ4n) is 0.845. The molecule has 0 saturated carbocycles. The molecular weight excluding hydrogens is 249 g/mol. The van der Waals surface area contributed by atoms with Crippen molar-refractivity contribution >= 4 is 23.6 Å². The van der Waals surface area contributed by atoms with Gasteiger partial charge in [-0.05, 0) is 6.07 Å². The molecule has 0 atom stereocenters. The quantitative estimate of drug-likeness (QED) is 0.567. The van der Waals surface area contributed by atoms with E-state index >= 15 is 0 Å². The van der Waals surface area contributed by atoms with E-state index in [1.807, 2.05) is 0 Å². The van der Waals surface area contributed by atoms with Crippen LogP contribution in [0.3, 0.4) is 0 Å². The largest absolute Gasteiger partial charge is 0.417 e. The van der Waals surface area contributed by atoms with E-state index in [1.165, 1.54) is 0 Å². The number of nitrogens with zero attached hydrogens (tertiary/aromatic N) is 2. The molecule has 1 rings (SSSR count). The molecule has 0 radical (unpaired) electrons. The van der Waals surface area contributed by atoms with E-state index in [0.717, 1.165) is 6.08 Å². The SMILES string of the molecule is O=C=NC(=O)c1ncc(C(F)(F)F)cc1Cl. The standard InChI is InChI=1S/C8H2ClF3N2O2/c9-5-1-4(8(10,11)12)2-13-6(5)7(16)14-3-15/h1-2H. The lowest BCUT2D eigenvalue weighted by Gasteiger charge is -2.06. The van der Waals surface area contributed by atoms with Gasteiger partial charge >= 0.3 is 12.1 Å². The molecule has 0 unspecified atom stereocenters. The van der Waals surface area contributed by atoms with Gasteiger partial charge in [-0.2, -0.15) is 13.2 Å². The lowest BCUT2D eigenvalue weighted by atomic mass is 10.2. The molecule has 4 nitrogen and oxygen atoms in total. The van der Waals surface area contributed by atoms with Crippen LogP contribution in [0.4, 0.5) is 13.2 Å². The molecule has 0 saturated heterocycles. The first kappa shape index (κ1) is 12.4. The van der Waals surface area contributed by atoms with E-state index in [9.17, 15) is 22.8 Å². The minimum absolute atomic E-state index is 0.430. The first-order chi connectivity index (χ1) is 7.36. The molecule has 1 amide bonds. The summed E-state index contributed by atoms with van der Waals surface area (Å²) in [5.41, 5.74) is -1.62. The van der Waals surface area contributed by atoms with Gasteiger partial charge in [0.05, 0.1) is 10.6 Å². The molecule has 8 heteroatoms. The Morgan fingerprint density at radius 2 is 2.12 bits per heavy atom. The second-order valence-electron chi connectivity index (χ2n) is 2.56. The summed E-state index contributed by atoms with van der Waals surface area (Å²) in [6.07, 6.45) is -3.23. The number of hydrogen-bond donors (Lipinski definition) is 0. The van der Waals surface area contributed by atoms with Gasteiger partial charge in [-0.25, -0.2) is 9.78 Å². The van der Waals surface area contributed by atoms with Crippen molar-refractivity contribution in [3.05, 3.63) is 28.5 Å². The van der Waals surface area contributed by atoms with Crippen molar-refractivity contribution in [2.24, 2.45) is 4.99 Å². The Balaban J connectivity index is 3.20. The third-order valence-corrected chi connectivity index (χ3v) is 1.81. The fourth-order valence-corrected chi connectivity index (χ4v) is 1.09. The Morgan fingerprint density at radius 1 is 1.50 bits per heavy atom.